The fourth-order valence-corrected chi connectivity index (χ4v) is 2.84. The maximum atomic E-state index is 12.2. The molecule has 1 saturated heterocycles. The van der Waals surface area contributed by atoms with Gasteiger partial charge in [-0.05, 0) is 44.2 Å². The van der Waals surface area contributed by atoms with Crippen molar-refractivity contribution in [2.75, 3.05) is 0 Å². The van der Waals surface area contributed by atoms with Gasteiger partial charge in [0.1, 0.15) is 11.4 Å². The number of allylic oxidation sites excluding steroid dienone is 3. The summed E-state index contributed by atoms with van der Waals surface area (Å²) in [4.78, 5) is 25.0. The topological polar surface area (TPSA) is 49.4 Å². The Kier molecular flexibility index (Phi) is 4.85. The van der Waals surface area contributed by atoms with Crippen LogP contribution in [0.1, 0.15) is 19.4 Å². The Bertz CT molecular complexity index is 676. The molecule has 1 aliphatic heterocycles. The van der Waals surface area contributed by atoms with E-state index in [4.69, 9.17) is 34.8 Å². The molecule has 0 saturated carbocycles. The highest BCUT2D eigenvalue weighted by atomic mass is 35.5. The maximum Gasteiger partial charge on any atom is 0.270 e. The van der Waals surface area contributed by atoms with Crippen LogP contribution < -0.4 is 5.32 Å². The molecular formula is C15H13Cl3N2O2. The third-order valence-electron chi connectivity index (χ3n) is 3.33. The number of benzene rings is 1. The summed E-state index contributed by atoms with van der Waals surface area (Å²) in [5.41, 5.74) is -0.290. The summed E-state index contributed by atoms with van der Waals surface area (Å²) in [5, 5.41) is 4.09. The lowest BCUT2D eigenvalue weighted by atomic mass is 10.0. The van der Waals surface area contributed by atoms with E-state index in [0.29, 0.717) is 27.1 Å². The highest BCUT2D eigenvalue weighted by molar-refractivity contribution is 6.34. The van der Waals surface area contributed by atoms with Gasteiger partial charge in [-0.15, -0.1) is 0 Å². The van der Waals surface area contributed by atoms with Gasteiger partial charge in [-0.1, -0.05) is 34.8 Å². The van der Waals surface area contributed by atoms with Crippen molar-refractivity contribution in [1.29, 1.82) is 0 Å². The molecule has 0 aliphatic carbocycles. The molecule has 0 spiro atoms. The smallest absolute Gasteiger partial charge is 0.270 e. The van der Waals surface area contributed by atoms with Crippen molar-refractivity contribution >= 4 is 47.1 Å². The summed E-state index contributed by atoms with van der Waals surface area (Å²) in [6, 6.07) is 4.87. The van der Waals surface area contributed by atoms with Gasteiger partial charge in [-0.2, -0.15) is 0 Å². The Balaban J connectivity index is 2.55. The van der Waals surface area contributed by atoms with Crippen molar-refractivity contribution in [3.05, 3.63) is 56.7 Å². The Hall–Kier alpha value is -1.49. The Labute approximate surface area is 143 Å². The van der Waals surface area contributed by atoms with Crippen LogP contribution in [0.5, 0.6) is 0 Å². The second-order valence-electron chi connectivity index (χ2n) is 4.97. The van der Waals surface area contributed by atoms with Crippen molar-refractivity contribution in [2.45, 2.75) is 19.5 Å². The average Bonchev–Trinajstić information content (AvgIpc) is 2.66. The van der Waals surface area contributed by atoms with Crippen LogP contribution in [0.15, 0.2) is 41.1 Å². The summed E-state index contributed by atoms with van der Waals surface area (Å²) in [7, 11) is 0. The molecular weight excluding hydrogens is 347 g/mol. The quantitative estimate of drug-likeness (QED) is 0.659. The van der Waals surface area contributed by atoms with Crippen molar-refractivity contribution in [3.63, 3.8) is 0 Å². The number of carbonyl (C=O) groups excluding carboxylic acids is 2. The lowest BCUT2D eigenvalue weighted by molar-refractivity contribution is -0.120. The van der Waals surface area contributed by atoms with Gasteiger partial charge in [0.15, 0.2) is 0 Å². The van der Waals surface area contributed by atoms with Gasteiger partial charge in [-0.3, -0.25) is 14.5 Å². The Morgan fingerprint density at radius 2 is 1.86 bits per heavy atom. The molecule has 116 valence electrons. The van der Waals surface area contributed by atoms with Gasteiger partial charge in [0.25, 0.3) is 5.91 Å². The first-order chi connectivity index (χ1) is 10.3. The summed E-state index contributed by atoms with van der Waals surface area (Å²) >= 11 is 17.8. The van der Waals surface area contributed by atoms with E-state index in [9.17, 15) is 9.59 Å². The summed E-state index contributed by atoms with van der Waals surface area (Å²) < 4.78 is 0. The van der Waals surface area contributed by atoms with Crippen molar-refractivity contribution in [2.24, 2.45) is 0 Å². The number of hydrogen-bond donors (Lipinski definition) is 1. The molecule has 1 aromatic rings. The molecule has 0 bridgehead atoms. The van der Waals surface area contributed by atoms with Crippen LogP contribution in [0.4, 0.5) is 0 Å². The minimum Gasteiger partial charge on any atom is -0.324 e. The predicted octanol–water partition coefficient (Wildman–Crippen LogP) is 3.78. The van der Waals surface area contributed by atoms with Crippen LogP contribution in [0.25, 0.3) is 0 Å². The van der Waals surface area contributed by atoms with Crippen LogP contribution in [0.3, 0.4) is 0 Å². The van der Waals surface area contributed by atoms with Gasteiger partial charge in [0, 0.05) is 20.6 Å². The maximum absolute atomic E-state index is 12.2. The number of carbonyl (C=O) groups is 2. The molecule has 7 heteroatoms. The highest BCUT2D eigenvalue weighted by Gasteiger charge is 2.45. The van der Waals surface area contributed by atoms with Crippen molar-refractivity contribution in [1.82, 2.24) is 10.2 Å². The molecule has 2 rings (SSSR count). The first-order valence-corrected chi connectivity index (χ1v) is 7.49. The number of halogens is 3. The third-order valence-corrected chi connectivity index (χ3v) is 3.89. The lowest BCUT2D eigenvalue weighted by Crippen LogP contribution is -2.45. The molecule has 1 fully saturated rings. The first kappa shape index (κ1) is 16.9. The van der Waals surface area contributed by atoms with Crippen molar-refractivity contribution in [3.8, 4) is 0 Å². The van der Waals surface area contributed by atoms with Crippen LogP contribution in [0, 0.1) is 0 Å². The average molecular weight is 360 g/mol. The minimum atomic E-state index is -1.08. The zero-order valence-electron chi connectivity index (χ0n) is 11.9. The molecule has 4 nitrogen and oxygen atoms in total. The van der Waals surface area contributed by atoms with E-state index >= 15 is 0 Å². The fourth-order valence-electron chi connectivity index (χ4n) is 2.25. The summed E-state index contributed by atoms with van der Waals surface area (Å²) in [6.07, 6.45) is 3.61. The molecule has 0 radical (unpaired) electrons. The zero-order chi connectivity index (χ0) is 16.5. The van der Waals surface area contributed by atoms with Gasteiger partial charge >= 0.3 is 0 Å². The highest BCUT2D eigenvalue weighted by Crippen LogP contribution is 2.36. The van der Waals surface area contributed by atoms with Gasteiger partial charge in [0.05, 0.1) is 0 Å². The van der Waals surface area contributed by atoms with E-state index in [0.717, 1.165) is 0 Å². The first-order valence-electron chi connectivity index (χ1n) is 6.35. The van der Waals surface area contributed by atoms with Crippen LogP contribution in [0.2, 0.25) is 10.0 Å². The Morgan fingerprint density at radius 1 is 1.27 bits per heavy atom. The number of nitrogens with zero attached hydrogens (tertiary/aromatic N) is 1. The third kappa shape index (κ3) is 3.14. The molecule has 1 N–H and O–H groups in total. The summed E-state index contributed by atoms with van der Waals surface area (Å²) in [5.74, 6) is -0.389. The minimum absolute atomic E-state index is 0.189. The van der Waals surface area contributed by atoms with E-state index in [-0.39, 0.29) is 11.6 Å². The van der Waals surface area contributed by atoms with E-state index in [1.54, 1.807) is 38.1 Å². The van der Waals surface area contributed by atoms with E-state index in [1.807, 2.05) is 0 Å². The molecule has 1 aromatic carbocycles. The molecule has 1 unspecified atom stereocenters. The van der Waals surface area contributed by atoms with Crippen molar-refractivity contribution < 1.29 is 9.59 Å². The predicted molar refractivity (Wildman–Crippen MR) is 87.6 cm³/mol. The van der Waals surface area contributed by atoms with Gasteiger partial charge < -0.3 is 5.32 Å². The number of hydrogen-bond acceptors (Lipinski definition) is 2. The van der Waals surface area contributed by atoms with E-state index < -0.39 is 5.66 Å². The molecule has 1 atom stereocenters. The number of amides is 2. The second kappa shape index (κ2) is 6.32. The SMILES string of the molecule is C/C(Cl)=C\C=C1\C(=O)NC(C)(c2cc(Cl)cc(Cl)c2)N1C=O. The molecule has 0 aromatic heterocycles. The van der Waals surface area contributed by atoms with Crippen LogP contribution in [-0.2, 0) is 15.3 Å². The fraction of sp³-hybridized carbons (Fsp3) is 0.200. The standard InChI is InChI=1S/C15H13Cl3N2O2/c1-9(16)3-4-13-14(22)19-15(2,20(13)8-21)10-5-11(17)7-12(18)6-10/h3-8H,1-2H3,(H,19,22)/b9-3+,13-4-. The second-order valence-corrected chi connectivity index (χ2v) is 6.43. The summed E-state index contributed by atoms with van der Waals surface area (Å²) in [6.45, 7) is 3.37. The lowest BCUT2D eigenvalue weighted by Gasteiger charge is -2.32. The number of rotatable bonds is 3. The molecule has 22 heavy (non-hydrogen) atoms. The van der Waals surface area contributed by atoms with Crippen LogP contribution in [-0.4, -0.2) is 17.2 Å². The monoisotopic (exact) mass is 358 g/mol. The molecule has 1 aliphatic rings. The van der Waals surface area contributed by atoms with E-state index in [2.05, 4.69) is 5.32 Å². The largest absolute Gasteiger partial charge is 0.324 e. The normalized spacial score (nSPS) is 23.9. The van der Waals surface area contributed by atoms with E-state index in [1.165, 1.54) is 11.0 Å². The van der Waals surface area contributed by atoms with Gasteiger partial charge in [-0.25, -0.2) is 0 Å². The zero-order valence-corrected chi connectivity index (χ0v) is 14.1. The molecule has 2 amide bonds. The Morgan fingerprint density at radius 3 is 2.36 bits per heavy atom. The number of nitrogens with one attached hydrogen (secondary N) is 1. The van der Waals surface area contributed by atoms with Gasteiger partial charge in [0.2, 0.25) is 6.41 Å². The van der Waals surface area contributed by atoms with Crippen LogP contribution >= 0.6 is 34.8 Å². The molecule has 1 heterocycles.